The van der Waals surface area contributed by atoms with E-state index in [2.05, 4.69) is 59.0 Å². The number of amides is 1. The largest absolute Gasteiger partial charge is 0.372 e. The maximum absolute atomic E-state index is 12.1. The molecule has 1 aliphatic heterocycles. The summed E-state index contributed by atoms with van der Waals surface area (Å²) in [6.07, 6.45) is 2.55. The first-order valence-corrected chi connectivity index (χ1v) is 11.4. The van der Waals surface area contributed by atoms with Gasteiger partial charge in [-0.25, -0.2) is 4.99 Å². The van der Waals surface area contributed by atoms with E-state index in [4.69, 9.17) is 4.99 Å². The smallest absolute Gasteiger partial charge is 0.251 e. The molecule has 32 heavy (non-hydrogen) atoms. The highest BCUT2D eigenvalue weighted by atomic mass is 127. The van der Waals surface area contributed by atoms with Gasteiger partial charge in [-0.15, -0.1) is 24.0 Å². The van der Waals surface area contributed by atoms with Crippen molar-refractivity contribution in [1.29, 1.82) is 0 Å². The lowest BCUT2D eigenvalue weighted by Crippen LogP contribution is -2.38. The van der Waals surface area contributed by atoms with Crippen LogP contribution in [-0.2, 0) is 6.54 Å². The van der Waals surface area contributed by atoms with E-state index in [1.807, 2.05) is 31.2 Å². The summed E-state index contributed by atoms with van der Waals surface area (Å²) >= 11 is 0. The number of halogens is 1. The highest BCUT2D eigenvalue weighted by molar-refractivity contribution is 14.0. The molecule has 1 atom stereocenters. The Morgan fingerprint density at radius 3 is 2.47 bits per heavy atom. The van der Waals surface area contributed by atoms with Crippen LogP contribution in [0.15, 0.2) is 53.5 Å². The predicted molar refractivity (Wildman–Crippen MR) is 144 cm³/mol. The molecule has 0 radical (unpaired) electrons. The van der Waals surface area contributed by atoms with E-state index in [-0.39, 0.29) is 35.9 Å². The molecule has 0 aromatic heterocycles. The monoisotopic (exact) mass is 549 g/mol. The van der Waals surface area contributed by atoms with E-state index >= 15 is 0 Å². The molecule has 0 aliphatic carbocycles. The molecule has 1 unspecified atom stereocenters. The zero-order valence-electron chi connectivity index (χ0n) is 19.4. The van der Waals surface area contributed by atoms with Gasteiger partial charge in [0.05, 0.1) is 12.6 Å². The standard InChI is InChI=1S/C25H35N5O.HI/c1-4-26-24(31)22-12-8-10-20(16-22)18-28-25(27-5-2)29-19(3)21-11-9-13-23(17-21)30-14-6-7-15-30;/h8-13,16-17,19H,4-7,14-15,18H2,1-3H3,(H,26,31)(H2,27,28,29);1H. The summed E-state index contributed by atoms with van der Waals surface area (Å²) in [5, 5.41) is 9.69. The summed E-state index contributed by atoms with van der Waals surface area (Å²) in [7, 11) is 0. The van der Waals surface area contributed by atoms with Gasteiger partial charge in [0, 0.05) is 37.4 Å². The van der Waals surface area contributed by atoms with Gasteiger partial charge in [0.2, 0.25) is 0 Å². The summed E-state index contributed by atoms with van der Waals surface area (Å²) in [4.78, 5) is 19.3. The lowest BCUT2D eigenvalue weighted by molar-refractivity contribution is 0.0955. The number of nitrogens with one attached hydrogen (secondary N) is 3. The number of carbonyl (C=O) groups excluding carboxylic acids is 1. The molecule has 1 saturated heterocycles. The lowest BCUT2D eigenvalue weighted by Gasteiger charge is -2.22. The minimum atomic E-state index is -0.0510. The minimum absolute atomic E-state index is 0. The van der Waals surface area contributed by atoms with Crippen molar-refractivity contribution >= 4 is 41.5 Å². The van der Waals surface area contributed by atoms with E-state index in [1.165, 1.54) is 24.1 Å². The van der Waals surface area contributed by atoms with E-state index < -0.39 is 0 Å². The summed E-state index contributed by atoms with van der Waals surface area (Å²) < 4.78 is 0. The van der Waals surface area contributed by atoms with Crippen LogP contribution in [0.4, 0.5) is 5.69 Å². The molecule has 6 nitrogen and oxygen atoms in total. The van der Waals surface area contributed by atoms with Crippen LogP contribution in [0.25, 0.3) is 0 Å². The van der Waals surface area contributed by atoms with Gasteiger partial charge in [-0.3, -0.25) is 4.79 Å². The molecule has 0 spiro atoms. The molecule has 2 aromatic rings. The van der Waals surface area contributed by atoms with Crippen molar-refractivity contribution < 1.29 is 4.79 Å². The van der Waals surface area contributed by atoms with Gasteiger partial charge in [0.25, 0.3) is 5.91 Å². The van der Waals surface area contributed by atoms with Crippen molar-refractivity contribution in [2.45, 2.75) is 46.2 Å². The highest BCUT2D eigenvalue weighted by Crippen LogP contribution is 2.24. The molecule has 0 bridgehead atoms. The predicted octanol–water partition coefficient (Wildman–Crippen LogP) is 4.47. The van der Waals surface area contributed by atoms with Crippen molar-refractivity contribution in [3.05, 3.63) is 65.2 Å². The number of hydrogen-bond donors (Lipinski definition) is 3. The average Bonchev–Trinajstić information content (AvgIpc) is 3.33. The Kier molecular flexibility index (Phi) is 10.8. The van der Waals surface area contributed by atoms with Crippen LogP contribution in [-0.4, -0.2) is 38.0 Å². The maximum atomic E-state index is 12.1. The molecule has 1 amide bonds. The Morgan fingerprint density at radius 1 is 1.03 bits per heavy atom. The third kappa shape index (κ3) is 7.39. The van der Waals surface area contributed by atoms with E-state index in [0.29, 0.717) is 18.7 Å². The molecule has 174 valence electrons. The van der Waals surface area contributed by atoms with Crippen molar-refractivity contribution in [2.75, 3.05) is 31.1 Å². The van der Waals surface area contributed by atoms with Crippen LogP contribution >= 0.6 is 24.0 Å². The van der Waals surface area contributed by atoms with E-state index in [1.54, 1.807) is 0 Å². The third-order valence-electron chi connectivity index (χ3n) is 5.49. The normalized spacial score (nSPS) is 14.5. The first-order chi connectivity index (χ1) is 15.1. The molecular weight excluding hydrogens is 513 g/mol. The Hall–Kier alpha value is -2.29. The fourth-order valence-corrected chi connectivity index (χ4v) is 3.82. The molecule has 0 saturated carbocycles. The number of carbonyl (C=O) groups is 1. The Balaban J connectivity index is 0.00000363. The highest BCUT2D eigenvalue weighted by Gasteiger charge is 2.14. The number of benzene rings is 2. The fourth-order valence-electron chi connectivity index (χ4n) is 3.82. The van der Waals surface area contributed by atoms with Crippen LogP contribution in [0.2, 0.25) is 0 Å². The van der Waals surface area contributed by atoms with Crippen LogP contribution in [0.5, 0.6) is 0 Å². The summed E-state index contributed by atoms with van der Waals surface area (Å²) in [6.45, 7) is 10.3. The lowest BCUT2D eigenvalue weighted by atomic mass is 10.1. The van der Waals surface area contributed by atoms with Crippen molar-refractivity contribution in [3.8, 4) is 0 Å². The van der Waals surface area contributed by atoms with Gasteiger partial charge in [-0.05, 0) is 69.0 Å². The molecule has 3 N–H and O–H groups in total. The number of anilines is 1. The van der Waals surface area contributed by atoms with Gasteiger partial charge in [0.1, 0.15) is 0 Å². The summed E-state index contributed by atoms with van der Waals surface area (Å²) in [6, 6.07) is 16.5. The number of aliphatic imine (C=N–C) groups is 1. The molecule has 1 fully saturated rings. The second-order valence-corrected chi connectivity index (χ2v) is 7.91. The number of nitrogens with zero attached hydrogens (tertiary/aromatic N) is 2. The average molecular weight is 550 g/mol. The zero-order chi connectivity index (χ0) is 22.1. The van der Waals surface area contributed by atoms with Crippen LogP contribution in [0, 0.1) is 0 Å². The molecule has 7 heteroatoms. The number of rotatable bonds is 8. The minimum Gasteiger partial charge on any atom is -0.372 e. The Labute approximate surface area is 209 Å². The quantitative estimate of drug-likeness (QED) is 0.258. The van der Waals surface area contributed by atoms with Crippen molar-refractivity contribution in [3.63, 3.8) is 0 Å². The Morgan fingerprint density at radius 2 is 1.75 bits per heavy atom. The Bertz CT molecular complexity index is 895. The van der Waals surface area contributed by atoms with Gasteiger partial charge < -0.3 is 20.9 Å². The van der Waals surface area contributed by atoms with E-state index in [0.717, 1.165) is 31.2 Å². The second-order valence-electron chi connectivity index (χ2n) is 7.91. The van der Waals surface area contributed by atoms with Crippen molar-refractivity contribution in [2.24, 2.45) is 4.99 Å². The number of hydrogen-bond acceptors (Lipinski definition) is 3. The van der Waals surface area contributed by atoms with Crippen molar-refractivity contribution in [1.82, 2.24) is 16.0 Å². The zero-order valence-corrected chi connectivity index (χ0v) is 21.7. The first-order valence-electron chi connectivity index (χ1n) is 11.4. The van der Waals surface area contributed by atoms with Gasteiger partial charge in [0.15, 0.2) is 5.96 Å². The maximum Gasteiger partial charge on any atom is 0.251 e. The third-order valence-corrected chi connectivity index (χ3v) is 5.49. The molecule has 3 rings (SSSR count). The van der Waals surface area contributed by atoms with Crippen LogP contribution in [0.1, 0.15) is 61.1 Å². The fraction of sp³-hybridized carbons (Fsp3) is 0.440. The van der Waals surface area contributed by atoms with Gasteiger partial charge >= 0.3 is 0 Å². The van der Waals surface area contributed by atoms with E-state index in [9.17, 15) is 4.79 Å². The number of guanidine groups is 1. The second kappa shape index (κ2) is 13.3. The van der Waals surface area contributed by atoms with Crippen LogP contribution in [0.3, 0.4) is 0 Å². The summed E-state index contributed by atoms with van der Waals surface area (Å²) in [5.41, 5.74) is 4.21. The molecule has 2 aromatic carbocycles. The molecule has 1 heterocycles. The van der Waals surface area contributed by atoms with Gasteiger partial charge in [-0.2, -0.15) is 0 Å². The first kappa shape index (κ1) is 26.0. The van der Waals surface area contributed by atoms with Gasteiger partial charge in [-0.1, -0.05) is 24.3 Å². The SMILES string of the molecule is CCNC(=O)c1cccc(CN=C(NCC)NC(C)c2cccc(N3CCCC3)c2)c1.I. The summed E-state index contributed by atoms with van der Waals surface area (Å²) in [5.74, 6) is 0.717. The molecular formula is C25H36IN5O. The molecule has 1 aliphatic rings. The topological polar surface area (TPSA) is 68.8 Å². The van der Waals surface area contributed by atoms with Crippen LogP contribution < -0.4 is 20.9 Å².